The summed E-state index contributed by atoms with van der Waals surface area (Å²) in [6.45, 7) is 11.0. The van der Waals surface area contributed by atoms with Gasteiger partial charge in [0, 0.05) is 16.3 Å². The van der Waals surface area contributed by atoms with E-state index in [4.69, 9.17) is 11.6 Å². The van der Waals surface area contributed by atoms with Crippen molar-refractivity contribution in [2.75, 3.05) is 38.0 Å². The lowest BCUT2D eigenvalue weighted by Gasteiger charge is -2.33. The van der Waals surface area contributed by atoms with Gasteiger partial charge in [-0.15, -0.1) is 0 Å². The van der Waals surface area contributed by atoms with E-state index in [0.29, 0.717) is 12.6 Å². The monoisotopic (exact) mass is 387 g/mol. The number of piperazine rings is 1. The first-order valence-corrected chi connectivity index (χ1v) is 10.1. The number of rotatable bonds is 5. The molecule has 5 heteroatoms. The Balaban J connectivity index is 1.51. The fourth-order valence-corrected chi connectivity index (χ4v) is 4.19. The molecule has 1 fully saturated rings. The Morgan fingerprint density at radius 1 is 1.07 bits per heavy atom. The first-order valence-electron chi connectivity index (χ1n) is 9.74. The summed E-state index contributed by atoms with van der Waals surface area (Å²) in [6, 6.07) is 14.5. The summed E-state index contributed by atoms with van der Waals surface area (Å²) >= 11 is 6.37. The average molecular weight is 388 g/mol. The molecule has 1 aliphatic rings. The lowest BCUT2D eigenvalue weighted by molar-refractivity contribution is -1.02. The minimum atomic E-state index is 0.0984. The number of anilines is 1. The molecule has 2 aromatic carbocycles. The van der Waals surface area contributed by atoms with E-state index in [1.165, 1.54) is 16.0 Å². The lowest BCUT2D eigenvalue weighted by atomic mass is 10.1. The lowest BCUT2D eigenvalue weighted by Crippen LogP contribution is -3.28. The number of hydrogen-bond acceptors (Lipinski definition) is 1. The van der Waals surface area contributed by atoms with Crippen LogP contribution in [0.1, 0.15) is 29.7 Å². The molecule has 0 aliphatic carbocycles. The third kappa shape index (κ3) is 4.89. The zero-order chi connectivity index (χ0) is 19.4. The Hall–Kier alpha value is -1.88. The number of aryl methyl sites for hydroxylation is 1. The van der Waals surface area contributed by atoms with Crippen molar-refractivity contribution >= 4 is 23.2 Å². The maximum Gasteiger partial charge on any atom is 0.279 e. The quantitative estimate of drug-likeness (QED) is 0.713. The first-order chi connectivity index (χ1) is 13.0. The molecule has 1 saturated heterocycles. The predicted molar refractivity (Wildman–Crippen MR) is 111 cm³/mol. The van der Waals surface area contributed by atoms with Crippen LogP contribution in [0.3, 0.4) is 0 Å². The molecule has 1 atom stereocenters. The van der Waals surface area contributed by atoms with Crippen molar-refractivity contribution in [3.8, 4) is 0 Å². The van der Waals surface area contributed by atoms with Crippen LogP contribution >= 0.6 is 11.6 Å². The van der Waals surface area contributed by atoms with E-state index in [1.807, 2.05) is 24.3 Å². The highest BCUT2D eigenvalue weighted by Gasteiger charge is 2.29. The van der Waals surface area contributed by atoms with E-state index in [2.05, 4.69) is 44.3 Å². The molecule has 0 spiro atoms. The van der Waals surface area contributed by atoms with Crippen LogP contribution in [0.4, 0.5) is 5.69 Å². The largest absolute Gasteiger partial charge is 0.321 e. The summed E-state index contributed by atoms with van der Waals surface area (Å²) < 4.78 is 0. The number of quaternary nitrogens is 2. The molecule has 1 amide bonds. The summed E-state index contributed by atoms with van der Waals surface area (Å²) in [4.78, 5) is 15.4. The van der Waals surface area contributed by atoms with Crippen LogP contribution in [-0.2, 0) is 4.79 Å². The Bertz CT molecular complexity index is 800. The first kappa shape index (κ1) is 19.9. The minimum absolute atomic E-state index is 0.0984. The van der Waals surface area contributed by atoms with Gasteiger partial charge in [0.15, 0.2) is 6.54 Å². The third-order valence-corrected chi connectivity index (χ3v) is 6.22. The number of halogens is 1. The Morgan fingerprint density at radius 2 is 1.78 bits per heavy atom. The number of hydrogen-bond donors (Lipinski definition) is 3. The third-order valence-electron chi connectivity index (χ3n) is 5.87. The van der Waals surface area contributed by atoms with E-state index < -0.39 is 0 Å². The van der Waals surface area contributed by atoms with Crippen molar-refractivity contribution in [1.29, 1.82) is 0 Å². The molecule has 0 radical (unpaired) electrons. The molecule has 0 aromatic heterocycles. The standard InChI is InChI=1S/C22H28ClN3O/c1-16-7-6-10-21(17(16)2)24-22(27)15-25-11-13-26(14-12-25)18(3)19-8-4-5-9-20(19)23/h4-10,18H,11-15H2,1-3H3,(H,24,27)/p+2/t18-/m0/s1. The normalized spacial score (nSPS) is 20.9. The molecular weight excluding hydrogens is 358 g/mol. The van der Waals surface area contributed by atoms with E-state index >= 15 is 0 Å². The highest BCUT2D eigenvalue weighted by Crippen LogP contribution is 2.20. The second-order valence-corrected chi connectivity index (χ2v) is 8.03. The molecule has 2 aromatic rings. The summed E-state index contributed by atoms with van der Waals surface area (Å²) in [6.07, 6.45) is 0. The van der Waals surface area contributed by atoms with Crippen molar-refractivity contribution in [1.82, 2.24) is 0 Å². The molecule has 27 heavy (non-hydrogen) atoms. The SMILES string of the molecule is Cc1cccc(NC(=O)C[NH+]2CC[NH+]([C@@H](C)c3ccccc3Cl)CC2)c1C. The second kappa shape index (κ2) is 8.87. The van der Waals surface area contributed by atoms with Crippen molar-refractivity contribution in [2.24, 2.45) is 0 Å². The smallest absolute Gasteiger partial charge is 0.279 e. The van der Waals surface area contributed by atoms with Crippen molar-refractivity contribution < 1.29 is 14.6 Å². The zero-order valence-corrected chi connectivity index (χ0v) is 17.2. The Labute approximate surface area is 167 Å². The van der Waals surface area contributed by atoms with E-state index in [9.17, 15) is 4.79 Å². The maximum absolute atomic E-state index is 12.5. The predicted octanol–water partition coefficient (Wildman–Crippen LogP) is 1.44. The topological polar surface area (TPSA) is 38.0 Å². The van der Waals surface area contributed by atoms with Crippen LogP contribution in [0, 0.1) is 13.8 Å². The number of benzene rings is 2. The summed E-state index contributed by atoms with van der Waals surface area (Å²) in [5.74, 6) is 0.0984. The fraction of sp³-hybridized carbons (Fsp3) is 0.409. The molecular formula is C22H30ClN3O+2. The van der Waals surface area contributed by atoms with Gasteiger partial charge in [-0.05, 0) is 44.0 Å². The van der Waals surface area contributed by atoms with Gasteiger partial charge in [0.1, 0.15) is 32.2 Å². The molecule has 0 saturated carbocycles. The van der Waals surface area contributed by atoms with E-state index in [1.54, 1.807) is 4.90 Å². The number of amides is 1. The zero-order valence-electron chi connectivity index (χ0n) is 16.4. The molecule has 1 aliphatic heterocycles. The van der Waals surface area contributed by atoms with Crippen LogP contribution in [0.2, 0.25) is 5.02 Å². The molecule has 1 heterocycles. The van der Waals surface area contributed by atoms with Gasteiger partial charge < -0.3 is 15.1 Å². The number of carbonyl (C=O) groups is 1. The highest BCUT2D eigenvalue weighted by atomic mass is 35.5. The molecule has 3 rings (SSSR count). The average Bonchev–Trinajstić information content (AvgIpc) is 2.66. The highest BCUT2D eigenvalue weighted by molar-refractivity contribution is 6.31. The summed E-state index contributed by atoms with van der Waals surface area (Å²) in [7, 11) is 0. The maximum atomic E-state index is 12.5. The van der Waals surface area contributed by atoms with Gasteiger partial charge in [0.2, 0.25) is 0 Å². The van der Waals surface area contributed by atoms with Crippen molar-refractivity contribution in [2.45, 2.75) is 26.8 Å². The summed E-state index contributed by atoms with van der Waals surface area (Å²) in [5, 5.41) is 3.93. The van der Waals surface area contributed by atoms with Gasteiger partial charge in [-0.1, -0.05) is 41.9 Å². The Kier molecular flexibility index (Phi) is 6.53. The fourth-order valence-electron chi connectivity index (χ4n) is 3.89. The van der Waals surface area contributed by atoms with Gasteiger partial charge in [-0.2, -0.15) is 0 Å². The number of nitrogens with one attached hydrogen (secondary N) is 3. The molecule has 3 N–H and O–H groups in total. The van der Waals surface area contributed by atoms with Crippen LogP contribution in [0.5, 0.6) is 0 Å². The van der Waals surface area contributed by atoms with E-state index in [-0.39, 0.29) is 5.91 Å². The minimum Gasteiger partial charge on any atom is -0.321 e. The van der Waals surface area contributed by atoms with Crippen LogP contribution in [0.15, 0.2) is 42.5 Å². The molecule has 0 unspecified atom stereocenters. The van der Waals surface area contributed by atoms with Crippen molar-refractivity contribution in [3.63, 3.8) is 0 Å². The molecule has 0 bridgehead atoms. The van der Waals surface area contributed by atoms with Gasteiger partial charge in [0.05, 0.1) is 0 Å². The van der Waals surface area contributed by atoms with E-state index in [0.717, 1.165) is 42.5 Å². The van der Waals surface area contributed by atoms with Crippen LogP contribution in [-0.4, -0.2) is 38.6 Å². The van der Waals surface area contributed by atoms with Gasteiger partial charge in [-0.25, -0.2) is 0 Å². The Morgan fingerprint density at radius 3 is 2.48 bits per heavy atom. The molecule has 144 valence electrons. The second-order valence-electron chi connectivity index (χ2n) is 7.62. The van der Waals surface area contributed by atoms with Gasteiger partial charge >= 0.3 is 0 Å². The van der Waals surface area contributed by atoms with Crippen molar-refractivity contribution in [3.05, 3.63) is 64.2 Å². The van der Waals surface area contributed by atoms with Crippen LogP contribution < -0.4 is 15.1 Å². The number of carbonyl (C=O) groups excluding carboxylic acids is 1. The van der Waals surface area contributed by atoms with Gasteiger partial charge in [0.25, 0.3) is 5.91 Å². The molecule has 4 nitrogen and oxygen atoms in total. The van der Waals surface area contributed by atoms with Gasteiger partial charge in [-0.3, -0.25) is 4.79 Å². The van der Waals surface area contributed by atoms with Crippen LogP contribution in [0.25, 0.3) is 0 Å². The summed E-state index contributed by atoms with van der Waals surface area (Å²) in [5.41, 5.74) is 4.48.